The van der Waals surface area contributed by atoms with Crippen molar-refractivity contribution < 1.29 is 23.1 Å². The zero-order valence-electron chi connectivity index (χ0n) is 8.53. The lowest BCUT2D eigenvalue weighted by molar-refractivity contribution is -0.163. The van der Waals surface area contributed by atoms with Crippen LogP contribution in [0.25, 0.3) is 0 Å². The Morgan fingerprint density at radius 2 is 2.25 bits per heavy atom. The summed E-state index contributed by atoms with van der Waals surface area (Å²) in [7, 11) is 0. The molecule has 1 aromatic rings. The van der Waals surface area contributed by atoms with E-state index < -0.39 is 24.5 Å². The summed E-state index contributed by atoms with van der Waals surface area (Å²) in [5, 5.41) is 12.1. The van der Waals surface area contributed by atoms with Crippen LogP contribution in [0.3, 0.4) is 0 Å². The molecule has 4 nitrogen and oxygen atoms in total. The molecular weight excluding hydrogens is 225 g/mol. The SMILES string of the molecule is CCn1cc(C(CC(=O)O)C(F)(F)F)cn1. The van der Waals surface area contributed by atoms with Gasteiger partial charge in [-0.2, -0.15) is 18.3 Å². The average molecular weight is 236 g/mol. The summed E-state index contributed by atoms with van der Waals surface area (Å²) in [6.45, 7) is 2.17. The summed E-state index contributed by atoms with van der Waals surface area (Å²) < 4.78 is 39.1. The number of rotatable bonds is 4. The van der Waals surface area contributed by atoms with Gasteiger partial charge in [0.15, 0.2) is 0 Å². The molecule has 0 bridgehead atoms. The van der Waals surface area contributed by atoms with Gasteiger partial charge in [0.2, 0.25) is 0 Å². The van der Waals surface area contributed by atoms with E-state index in [0.29, 0.717) is 6.54 Å². The number of hydrogen-bond donors (Lipinski definition) is 1. The van der Waals surface area contributed by atoms with Gasteiger partial charge in [-0.25, -0.2) is 0 Å². The van der Waals surface area contributed by atoms with Gasteiger partial charge in [-0.3, -0.25) is 9.48 Å². The van der Waals surface area contributed by atoms with Crippen LogP contribution in [0.2, 0.25) is 0 Å². The molecule has 1 unspecified atom stereocenters. The molecule has 0 fully saturated rings. The lowest BCUT2D eigenvalue weighted by Crippen LogP contribution is -2.23. The number of alkyl halides is 3. The van der Waals surface area contributed by atoms with Gasteiger partial charge >= 0.3 is 12.1 Å². The van der Waals surface area contributed by atoms with Crippen molar-refractivity contribution in [1.82, 2.24) is 9.78 Å². The van der Waals surface area contributed by atoms with Crippen molar-refractivity contribution in [3.05, 3.63) is 18.0 Å². The van der Waals surface area contributed by atoms with Crippen LogP contribution < -0.4 is 0 Å². The molecule has 0 radical (unpaired) electrons. The van der Waals surface area contributed by atoms with Gasteiger partial charge in [-0.1, -0.05) is 0 Å². The number of halogens is 3. The summed E-state index contributed by atoms with van der Waals surface area (Å²) in [6, 6.07) is 0. The molecule has 0 saturated carbocycles. The first-order chi connectivity index (χ1) is 7.34. The Balaban J connectivity index is 2.96. The van der Waals surface area contributed by atoms with E-state index in [-0.39, 0.29) is 5.56 Å². The van der Waals surface area contributed by atoms with Crippen LogP contribution in [-0.4, -0.2) is 27.0 Å². The smallest absolute Gasteiger partial charge is 0.396 e. The predicted molar refractivity (Wildman–Crippen MR) is 48.9 cm³/mol. The Kier molecular flexibility index (Phi) is 3.56. The monoisotopic (exact) mass is 236 g/mol. The number of aromatic nitrogens is 2. The third-order valence-corrected chi connectivity index (χ3v) is 2.15. The second kappa shape index (κ2) is 4.54. The maximum atomic E-state index is 12.6. The van der Waals surface area contributed by atoms with Crippen LogP contribution in [0.15, 0.2) is 12.4 Å². The largest absolute Gasteiger partial charge is 0.481 e. The van der Waals surface area contributed by atoms with E-state index >= 15 is 0 Å². The van der Waals surface area contributed by atoms with Crippen molar-refractivity contribution in [3.8, 4) is 0 Å². The number of aryl methyl sites for hydroxylation is 1. The van der Waals surface area contributed by atoms with Crippen molar-refractivity contribution in [2.24, 2.45) is 0 Å². The lowest BCUT2D eigenvalue weighted by atomic mass is 9.98. The first-order valence-electron chi connectivity index (χ1n) is 4.65. The van der Waals surface area contributed by atoms with Crippen molar-refractivity contribution in [1.29, 1.82) is 0 Å². The highest BCUT2D eigenvalue weighted by molar-refractivity contribution is 5.68. The summed E-state index contributed by atoms with van der Waals surface area (Å²) in [5.74, 6) is -3.48. The second-order valence-electron chi connectivity index (χ2n) is 3.32. The lowest BCUT2D eigenvalue weighted by Gasteiger charge is -2.16. The zero-order chi connectivity index (χ0) is 12.3. The van der Waals surface area contributed by atoms with E-state index in [1.165, 1.54) is 10.9 Å². The number of carbonyl (C=O) groups is 1. The van der Waals surface area contributed by atoms with E-state index in [1.54, 1.807) is 6.92 Å². The molecule has 90 valence electrons. The number of nitrogens with zero attached hydrogens (tertiary/aromatic N) is 2. The van der Waals surface area contributed by atoms with Crippen LogP contribution in [0.1, 0.15) is 24.8 Å². The van der Waals surface area contributed by atoms with E-state index in [9.17, 15) is 18.0 Å². The Morgan fingerprint density at radius 3 is 2.62 bits per heavy atom. The Morgan fingerprint density at radius 1 is 1.62 bits per heavy atom. The molecule has 0 spiro atoms. The third kappa shape index (κ3) is 2.98. The normalized spacial score (nSPS) is 13.8. The van der Waals surface area contributed by atoms with Crippen LogP contribution in [0, 0.1) is 0 Å². The van der Waals surface area contributed by atoms with E-state index in [0.717, 1.165) is 6.20 Å². The fraction of sp³-hybridized carbons (Fsp3) is 0.556. The number of aliphatic carboxylic acids is 1. The van der Waals surface area contributed by atoms with E-state index in [2.05, 4.69) is 5.10 Å². The van der Waals surface area contributed by atoms with Gasteiger partial charge in [-0.05, 0) is 6.92 Å². The molecule has 1 heterocycles. The summed E-state index contributed by atoms with van der Waals surface area (Å²) in [4.78, 5) is 10.4. The predicted octanol–water partition coefficient (Wildman–Crippen LogP) is 2.02. The molecular formula is C9H11F3N2O2. The van der Waals surface area contributed by atoms with Gasteiger partial charge in [0.05, 0.1) is 18.5 Å². The highest BCUT2D eigenvalue weighted by Gasteiger charge is 2.42. The molecule has 0 aliphatic carbocycles. The maximum Gasteiger partial charge on any atom is 0.396 e. The summed E-state index contributed by atoms with van der Waals surface area (Å²) in [5.41, 5.74) is -0.114. The molecule has 7 heteroatoms. The standard InChI is InChI=1S/C9H11F3N2O2/c1-2-14-5-6(4-13-14)7(3-8(15)16)9(10,11)12/h4-5,7H,2-3H2,1H3,(H,15,16). The van der Waals surface area contributed by atoms with Gasteiger partial charge in [-0.15, -0.1) is 0 Å². The van der Waals surface area contributed by atoms with Gasteiger partial charge < -0.3 is 5.11 Å². The maximum absolute atomic E-state index is 12.6. The molecule has 1 rings (SSSR count). The summed E-state index contributed by atoms with van der Waals surface area (Å²) in [6.07, 6.45) is -3.26. The minimum absolute atomic E-state index is 0.114. The third-order valence-electron chi connectivity index (χ3n) is 2.15. The highest BCUT2D eigenvalue weighted by atomic mass is 19.4. The Bertz CT molecular complexity index is 373. The average Bonchev–Trinajstić information content (AvgIpc) is 2.60. The molecule has 0 aliphatic rings. The molecule has 16 heavy (non-hydrogen) atoms. The second-order valence-corrected chi connectivity index (χ2v) is 3.32. The Hall–Kier alpha value is -1.53. The van der Waals surface area contributed by atoms with E-state index in [4.69, 9.17) is 5.11 Å². The fourth-order valence-corrected chi connectivity index (χ4v) is 1.33. The number of hydrogen-bond acceptors (Lipinski definition) is 2. The fourth-order valence-electron chi connectivity index (χ4n) is 1.33. The van der Waals surface area contributed by atoms with E-state index in [1.807, 2.05) is 0 Å². The summed E-state index contributed by atoms with van der Waals surface area (Å²) >= 11 is 0. The molecule has 1 N–H and O–H groups in total. The number of carboxylic acids is 1. The van der Waals surface area contributed by atoms with Crippen molar-refractivity contribution >= 4 is 5.97 Å². The van der Waals surface area contributed by atoms with Gasteiger partial charge in [0, 0.05) is 18.3 Å². The molecule has 1 aromatic heterocycles. The minimum atomic E-state index is -4.57. The van der Waals surface area contributed by atoms with Crippen LogP contribution in [-0.2, 0) is 11.3 Å². The molecule has 0 saturated heterocycles. The first-order valence-corrected chi connectivity index (χ1v) is 4.65. The quantitative estimate of drug-likeness (QED) is 0.870. The highest BCUT2D eigenvalue weighted by Crippen LogP contribution is 2.37. The topological polar surface area (TPSA) is 55.1 Å². The van der Waals surface area contributed by atoms with Crippen LogP contribution in [0.5, 0.6) is 0 Å². The number of carboxylic acid groups (broad SMARTS) is 1. The van der Waals surface area contributed by atoms with Crippen molar-refractivity contribution in [2.45, 2.75) is 32.0 Å². The van der Waals surface area contributed by atoms with Gasteiger partial charge in [0.1, 0.15) is 0 Å². The molecule has 0 aliphatic heterocycles. The van der Waals surface area contributed by atoms with Crippen LogP contribution in [0.4, 0.5) is 13.2 Å². The first kappa shape index (κ1) is 12.5. The molecule has 0 aromatic carbocycles. The van der Waals surface area contributed by atoms with Crippen LogP contribution >= 0.6 is 0 Å². The zero-order valence-corrected chi connectivity index (χ0v) is 8.53. The minimum Gasteiger partial charge on any atom is -0.481 e. The van der Waals surface area contributed by atoms with Gasteiger partial charge in [0.25, 0.3) is 0 Å². The van der Waals surface area contributed by atoms with Crippen molar-refractivity contribution in [3.63, 3.8) is 0 Å². The molecule has 0 amide bonds. The molecule has 1 atom stereocenters. The Labute approximate surface area is 89.7 Å². The van der Waals surface area contributed by atoms with Crippen molar-refractivity contribution in [2.75, 3.05) is 0 Å².